The molecule has 0 fully saturated rings. The van der Waals surface area contributed by atoms with E-state index in [1.165, 1.54) is 12.1 Å². The normalized spacial score (nSPS) is 13.6. The minimum atomic E-state index is -4.95. The lowest BCUT2D eigenvalue weighted by Gasteiger charge is -2.23. The van der Waals surface area contributed by atoms with Crippen molar-refractivity contribution < 1.29 is 26.3 Å². The summed E-state index contributed by atoms with van der Waals surface area (Å²) in [5, 5.41) is 0.0710. The van der Waals surface area contributed by atoms with Crippen LogP contribution in [0.2, 0.25) is 15.1 Å². The van der Waals surface area contributed by atoms with Crippen LogP contribution in [-0.2, 0) is 10.0 Å². The lowest BCUT2D eigenvalue weighted by atomic mass is 10.1. The summed E-state index contributed by atoms with van der Waals surface area (Å²) >= 11 is 17.7. The molecule has 0 saturated carbocycles. The third-order valence-corrected chi connectivity index (χ3v) is 6.13. The molecule has 0 radical (unpaired) electrons. The van der Waals surface area contributed by atoms with Gasteiger partial charge >= 0.3 is 6.36 Å². The first-order valence-corrected chi connectivity index (χ1v) is 10.6. The van der Waals surface area contributed by atoms with Crippen LogP contribution in [0.25, 0.3) is 0 Å². The second-order valence-electron chi connectivity index (χ2n) is 6.25. The van der Waals surface area contributed by atoms with E-state index in [1.54, 1.807) is 25.1 Å². The van der Waals surface area contributed by atoms with Crippen molar-refractivity contribution in [3.8, 4) is 5.75 Å². The molecule has 29 heavy (non-hydrogen) atoms. The first kappa shape index (κ1) is 24.0. The number of benzene rings is 2. The first-order valence-electron chi connectivity index (χ1n) is 7.96. The molecular weight excluding hydrogens is 476 g/mol. The highest BCUT2D eigenvalue weighted by Crippen LogP contribution is 2.32. The third kappa shape index (κ3) is 6.91. The maximum Gasteiger partial charge on any atom is 0.573 e. The Morgan fingerprint density at radius 3 is 2.21 bits per heavy atom. The largest absolute Gasteiger partial charge is 0.573 e. The Morgan fingerprint density at radius 2 is 1.69 bits per heavy atom. The van der Waals surface area contributed by atoms with Crippen LogP contribution in [-0.4, -0.2) is 40.3 Å². The first-order chi connectivity index (χ1) is 13.3. The highest BCUT2D eigenvalue weighted by atomic mass is 35.5. The average molecular weight is 492 g/mol. The molecule has 0 spiro atoms. The molecule has 2 aromatic rings. The van der Waals surface area contributed by atoms with Gasteiger partial charge in [-0.3, -0.25) is 0 Å². The van der Waals surface area contributed by atoms with Crippen LogP contribution in [0.1, 0.15) is 11.6 Å². The highest BCUT2D eigenvalue weighted by Gasteiger charge is 2.32. The van der Waals surface area contributed by atoms with E-state index in [0.29, 0.717) is 10.6 Å². The smallest absolute Gasteiger partial charge is 0.404 e. The standard InChI is InChI=1S/C17H16Cl3F3N2O3S/c1-25(2)9-15(10-3-5-12(18)13(19)7-10)24-29(26,27)11-4-6-16(14(20)8-11)28-17(21,22)23/h3-8,15,24H,9H2,1-2H3. The summed E-state index contributed by atoms with van der Waals surface area (Å²) in [5.41, 5.74) is 0.555. The zero-order valence-corrected chi connectivity index (χ0v) is 18.2. The molecule has 2 aromatic carbocycles. The van der Waals surface area contributed by atoms with Crippen LogP contribution in [0, 0.1) is 0 Å². The van der Waals surface area contributed by atoms with Gasteiger partial charge in [0.05, 0.1) is 26.0 Å². The predicted molar refractivity (Wildman–Crippen MR) is 106 cm³/mol. The van der Waals surface area contributed by atoms with E-state index in [2.05, 4.69) is 9.46 Å². The van der Waals surface area contributed by atoms with Gasteiger partial charge in [-0.05, 0) is 50.0 Å². The van der Waals surface area contributed by atoms with Crippen LogP contribution in [0.15, 0.2) is 41.3 Å². The number of nitrogens with one attached hydrogen (secondary N) is 1. The average Bonchev–Trinajstić information content (AvgIpc) is 2.56. The Bertz CT molecular complexity index is 986. The fraction of sp³-hybridized carbons (Fsp3) is 0.294. The van der Waals surface area contributed by atoms with Crippen LogP contribution >= 0.6 is 34.8 Å². The van der Waals surface area contributed by atoms with Gasteiger partial charge < -0.3 is 9.64 Å². The molecule has 0 heterocycles. The van der Waals surface area contributed by atoms with E-state index >= 15 is 0 Å². The zero-order valence-electron chi connectivity index (χ0n) is 15.1. The number of hydrogen-bond donors (Lipinski definition) is 1. The Hall–Kier alpha value is -1.23. The molecule has 1 N–H and O–H groups in total. The summed E-state index contributed by atoms with van der Waals surface area (Å²) in [6, 6.07) is 6.67. The number of hydrogen-bond acceptors (Lipinski definition) is 4. The SMILES string of the molecule is CN(C)CC(NS(=O)(=O)c1ccc(OC(F)(F)F)c(Cl)c1)c1ccc(Cl)c(Cl)c1. The molecule has 12 heteroatoms. The molecule has 2 rings (SSSR count). The van der Waals surface area contributed by atoms with Crippen LogP contribution in [0.3, 0.4) is 0 Å². The summed E-state index contributed by atoms with van der Waals surface area (Å²) < 4.78 is 68.9. The Labute approximate surface area is 181 Å². The topological polar surface area (TPSA) is 58.6 Å². The third-order valence-electron chi connectivity index (χ3n) is 3.63. The van der Waals surface area contributed by atoms with Crippen LogP contribution in [0.5, 0.6) is 5.75 Å². The Morgan fingerprint density at radius 1 is 1.03 bits per heavy atom. The monoisotopic (exact) mass is 490 g/mol. The van der Waals surface area contributed by atoms with Crippen molar-refractivity contribution in [3.63, 3.8) is 0 Å². The van der Waals surface area contributed by atoms with E-state index < -0.39 is 33.2 Å². The number of halogens is 6. The molecule has 0 aliphatic heterocycles. The van der Waals surface area contributed by atoms with Crippen molar-refractivity contribution in [3.05, 3.63) is 57.0 Å². The number of ether oxygens (including phenoxy) is 1. The molecule has 1 atom stereocenters. The van der Waals surface area contributed by atoms with Crippen molar-refractivity contribution in [2.24, 2.45) is 0 Å². The summed E-state index contributed by atoms with van der Waals surface area (Å²) in [6.07, 6.45) is -4.95. The fourth-order valence-electron chi connectivity index (χ4n) is 2.42. The van der Waals surface area contributed by atoms with Gasteiger partial charge in [0, 0.05) is 6.54 Å². The molecule has 160 valence electrons. The number of sulfonamides is 1. The van der Waals surface area contributed by atoms with Crippen molar-refractivity contribution in [1.82, 2.24) is 9.62 Å². The lowest BCUT2D eigenvalue weighted by Crippen LogP contribution is -2.35. The molecule has 0 aliphatic rings. The minimum Gasteiger partial charge on any atom is -0.404 e. The second-order valence-corrected chi connectivity index (χ2v) is 9.19. The van der Waals surface area contributed by atoms with Crippen molar-refractivity contribution >= 4 is 44.8 Å². The van der Waals surface area contributed by atoms with Crippen LogP contribution < -0.4 is 9.46 Å². The molecule has 5 nitrogen and oxygen atoms in total. The molecule has 0 amide bonds. The van der Waals surface area contributed by atoms with Gasteiger partial charge in [0.2, 0.25) is 10.0 Å². The van der Waals surface area contributed by atoms with Crippen molar-refractivity contribution in [2.75, 3.05) is 20.6 Å². The van der Waals surface area contributed by atoms with E-state index in [0.717, 1.165) is 18.2 Å². The summed E-state index contributed by atoms with van der Waals surface area (Å²) in [6.45, 7) is 0.278. The van der Waals surface area contributed by atoms with Gasteiger partial charge in [0.1, 0.15) is 5.75 Å². The van der Waals surface area contributed by atoms with Gasteiger partial charge in [-0.15, -0.1) is 13.2 Å². The maximum atomic E-state index is 12.8. The van der Waals surface area contributed by atoms with E-state index in [-0.39, 0.29) is 16.5 Å². The fourth-order valence-corrected chi connectivity index (χ4v) is 4.25. The molecular formula is C17H16Cl3F3N2O3S. The summed E-state index contributed by atoms with van der Waals surface area (Å²) in [7, 11) is -0.635. The van der Waals surface area contributed by atoms with Gasteiger partial charge in [0.15, 0.2) is 0 Å². The van der Waals surface area contributed by atoms with E-state index in [9.17, 15) is 21.6 Å². The van der Waals surface area contributed by atoms with Crippen molar-refractivity contribution in [1.29, 1.82) is 0 Å². The molecule has 0 saturated heterocycles. The Balaban J connectivity index is 2.34. The van der Waals surface area contributed by atoms with Gasteiger partial charge in [0.25, 0.3) is 0 Å². The van der Waals surface area contributed by atoms with Gasteiger partial charge in [-0.25, -0.2) is 13.1 Å². The molecule has 0 bridgehead atoms. The van der Waals surface area contributed by atoms with Crippen LogP contribution in [0.4, 0.5) is 13.2 Å². The molecule has 0 aromatic heterocycles. The minimum absolute atomic E-state index is 0.254. The molecule has 1 unspecified atom stereocenters. The summed E-state index contributed by atoms with van der Waals surface area (Å²) in [4.78, 5) is 1.43. The van der Waals surface area contributed by atoms with Gasteiger partial charge in [-0.2, -0.15) is 0 Å². The lowest BCUT2D eigenvalue weighted by molar-refractivity contribution is -0.274. The second kappa shape index (κ2) is 9.28. The predicted octanol–water partition coefficient (Wildman–Crippen LogP) is 5.13. The van der Waals surface area contributed by atoms with E-state index in [4.69, 9.17) is 34.8 Å². The van der Waals surface area contributed by atoms with Crippen molar-refractivity contribution in [2.45, 2.75) is 17.3 Å². The highest BCUT2D eigenvalue weighted by molar-refractivity contribution is 7.89. The zero-order chi connectivity index (χ0) is 22.0. The molecule has 0 aliphatic carbocycles. The number of rotatable bonds is 7. The quantitative estimate of drug-likeness (QED) is 0.584. The number of alkyl halides is 3. The van der Waals surface area contributed by atoms with Gasteiger partial charge in [-0.1, -0.05) is 40.9 Å². The summed E-state index contributed by atoms with van der Waals surface area (Å²) in [5.74, 6) is -0.701. The maximum absolute atomic E-state index is 12.8. The number of likely N-dealkylation sites (N-methyl/N-ethyl adjacent to an activating group) is 1. The number of nitrogens with zero attached hydrogens (tertiary/aromatic N) is 1. The Kier molecular flexibility index (Phi) is 7.69. The van der Waals surface area contributed by atoms with E-state index in [1.807, 2.05) is 0 Å².